The van der Waals surface area contributed by atoms with Gasteiger partial charge in [-0.25, -0.2) is 0 Å². The molecule has 0 atom stereocenters. The molecule has 98 valence electrons. The summed E-state index contributed by atoms with van der Waals surface area (Å²) in [4.78, 5) is 12.1. The molecule has 5 heteroatoms. The van der Waals surface area contributed by atoms with Crippen LogP contribution in [-0.2, 0) is 0 Å². The van der Waals surface area contributed by atoms with E-state index in [0.29, 0.717) is 36.4 Å². The van der Waals surface area contributed by atoms with E-state index in [4.69, 9.17) is 10.5 Å². The molecule has 1 aliphatic rings. The number of nitrogens with one attached hydrogen (secondary N) is 1. The Kier molecular flexibility index (Phi) is 3.72. The van der Waals surface area contributed by atoms with Gasteiger partial charge in [0.2, 0.25) is 0 Å². The SMILES string of the molecule is CCOc1c(N)cccc1C(=O)NC1CC(O)C1. The van der Waals surface area contributed by atoms with Crippen molar-refractivity contribution in [3.05, 3.63) is 23.8 Å². The van der Waals surface area contributed by atoms with E-state index in [1.165, 1.54) is 0 Å². The highest BCUT2D eigenvalue weighted by atomic mass is 16.5. The van der Waals surface area contributed by atoms with Crippen LogP contribution < -0.4 is 15.8 Å². The summed E-state index contributed by atoms with van der Waals surface area (Å²) in [5, 5.41) is 12.0. The molecule has 0 bridgehead atoms. The van der Waals surface area contributed by atoms with E-state index in [2.05, 4.69) is 5.32 Å². The highest BCUT2D eigenvalue weighted by Crippen LogP contribution is 2.27. The van der Waals surface area contributed by atoms with Crippen molar-refractivity contribution in [3.8, 4) is 5.75 Å². The van der Waals surface area contributed by atoms with Gasteiger partial charge in [-0.1, -0.05) is 6.07 Å². The lowest BCUT2D eigenvalue weighted by molar-refractivity contribution is 0.0561. The van der Waals surface area contributed by atoms with Crippen LogP contribution in [0.2, 0.25) is 0 Å². The quantitative estimate of drug-likeness (QED) is 0.694. The average molecular weight is 250 g/mol. The Morgan fingerprint density at radius 1 is 1.56 bits per heavy atom. The number of nitrogens with two attached hydrogens (primary N) is 1. The summed E-state index contributed by atoms with van der Waals surface area (Å²) in [6.07, 6.45) is 0.929. The monoisotopic (exact) mass is 250 g/mol. The first-order valence-corrected chi connectivity index (χ1v) is 6.12. The molecule has 0 saturated heterocycles. The number of anilines is 1. The van der Waals surface area contributed by atoms with Crippen molar-refractivity contribution < 1.29 is 14.6 Å². The van der Waals surface area contributed by atoms with Gasteiger partial charge in [0.05, 0.1) is 24.0 Å². The van der Waals surface area contributed by atoms with Crippen LogP contribution in [0.1, 0.15) is 30.1 Å². The van der Waals surface area contributed by atoms with Gasteiger partial charge in [0.15, 0.2) is 5.75 Å². The van der Waals surface area contributed by atoms with Crippen molar-refractivity contribution >= 4 is 11.6 Å². The first-order valence-electron chi connectivity index (χ1n) is 6.12. The van der Waals surface area contributed by atoms with Crippen LogP contribution in [0.25, 0.3) is 0 Å². The number of amides is 1. The Morgan fingerprint density at radius 2 is 2.28 bits per heavy atom. The topological polar surface area (TPSA) is 84.6 Å². The maximum absolute atomic E-state index is 12.1. The predicted octanol–water partition coefficient (Wildman–Crippen LogP) is 0.921. The highest BCUT2D eigenvalue weighted by molar-refractivity contribution is 5.98. The second-order valence-corrected chi connectivity index (χ2v) is 4.45. The van der Waals surface area contributed by atoms with Gasteiger partial charge in [-0.3, -0.25) is 4.79 Å². The average Bonchev–Trinajstić information content (AvgIpc) is 2.30. The fraction of sp³-hybridized carbons (Fsp3) is 0.462. The van der Waals surface area contributed by atoms with Crippen LogP contribution in [0.5, 0.6) is 5.75 Å². The van der Waals surface area contributed by atoms with E-state index in [0.717, 1.165) is 0 Å². The largest absolute Gasteiger partial charge is 0.491 e. The van der Waals surface area contributed by atoms with Crippen molar-refractivity contribution in [2.24, 2.45) is 0 Å². The van der Waals surface area contributed by atoms with Gasteiger partial charge in [-0.2, -0.15) is 0 Å². The van der Waals surface area contributed by atoms with Crippen LogP contribution in [0.4, 0.5) is 5.69 Å². The predicted molar refractivity (Wildman–Crippen MR) is 68.5 cm³/mol. The van der Waals surface area contributed by atoms with E-state index in [1.54, 1.807) is 18.2 Å². The molecule has 0 radical (unpaired) electrons. The van der Waals surface area contributed by atoms with Gasteiger partial charge in [0.1, 0.15) is 0 Å². The molecule has 1 aromatic carbocycles. The Hall–Kier alpha value is -1.75. The molecule has 0 spiro atoms. The molecule has 0 aliphatic heterocycles. The standard InChI is InChI=1S/C13H18N2O3/c1-2-18-12-10(4-3-5-11(12)14)13(17)15-8-6-9(16)7-8/h3-5,8-9,16H,2,6-7,14H2,1H3,(H,15,17). The number of hydrogen-bond donors (Lipinski definition) is 3. The number of para-hydroxylation sites is 1. The van der Waals surface area contributed by atoms with Crippen LogP contribution >= 0.6 is 0 Å². The fourth-order valence-corrected chi connectivity index (χ4v) is 2.01. The van der Waals surface area contributed by atoms with Gasteiger partial charge >= 0.3 is 0 Å². The summed E-state index contributed by atoms with van der Waals surface area (Å²) < 4.78 is 5.41. The van der Waals surface area contributed by atoms with Crippen LogP contribution in [0.15, 0.2) is 18.2 Å². The highest BCUT2D eigenvalue weighted by Gasteiger charge is 2.29. The van der Waals surface area contributed by atoms with E-state index in [9.17, 15) is 9.90 Å². The smallest absolute Gasteiger partial charge is 0.255 e. The Labute approximate surface area is 106 Å². The van der Waals surface area contributed by atoms with Crippen molar-refractivity contribution in [2.45, 2.75) is 31.9 Å². The maximum atomic E-state index is 12.1. The number of carbonyl (C=O) groups excluding carboxylic acids is 1. The molecular formula is C13H18N2O3. The van der Waals surface area contributed by atoms with Crippen LogP contribution in [0, 0.1) is 0 Å². The second-order valence-electron chi connectivity index (χ2n) is 4.45. The normalized spacial score (nSPS) is 22.1. The van der Waals surface area contributed by atoms with E-state index >= 15 is 0 Å². The third-order valence-electron chi connectivity index (χ3n) is 3.03. The molecule has 5 nitrogen and oxygen atoms in total. The molecular weight excluding hydrogens is 232 g/mol. The first kappa shape index (κ1) is 12.7. The zero-order chi connectivity index (χ0) is 13.1. The van der Waals surface area contributed by atoms with Crippen molar-refractivity contribution in [1.29, 1.82) is 0 Å². The summed E-state index contributed by atoms with van der Waals surface area (Å²) in [6, 6.07) is 5.16. The van der Waals surface area contributed by atoms with Gasteiger partial charge < -0.3 is 20.9 Å². The third-order valence-corrected chi connectivity index (χ3v) is 3.03. The van der Waals surface area contributed by atoms with Crippen LogP contribution in [0.3, 0.4) is 0 Å². The number of hydrogen-bond acceptors (Lipinski definition) is 4. The van der Waals surface area contributed by atoms with Crippen molar-refractivity contribution in [2.75, 3.05) is 12.3 Å². The number of aliphatic hydroxyl groups is 1. The lowest BCUT2D eigenvalue weighted by atomic mass is 9.89. The number of nitrogen functional groups attached to an aromatic ring is 1. The molecule has 4 N–H and O–H groups in total. The van der Waals surface area contributed by atoms with E-state index in [-0.39, 0.29) is 18.1 Å². The van der Waals surface area contributed by atoms with Gasteiger partial charge in [0.25, 0.3) is 5.91 Å². The summed E-state index contributed by atoms with van der Waals surface area (Å²) in [5.41, 5.74) is 6.70. The first-order chi connectivity index (χ1) is 8.61. The summed E-state index contributed by atoms with van der Waals surface area (Å²) in [7, 11) is 0. The molecule has 0 aromatic heterocycles. The molecule has 0 unspecified atom stereocenters. The third kappa shape index (κ3) is 2.56. The molecule has 1 fully saturated rings. The van der Waals surface area contributed by atoms with Crippen molar-refractivity contribution in [3.63, 3.8) is 0 Å². The number of ether oxygens (including phenoxy) is 1. The van der Waals surface area contributed by atoms with E-state index in [1.807, 2.05) is 6.92 Å². The summed E-state index contributed by atoms with van der Waals surface area (Å²) in [6.45, 7) is 2.30. The number of carbonyl (C=O) groups is 1. The minimum atomic E-state index is -0.289. The van der Waals surface area contributed by atoms with Gasteiger partial charge in [-0.15, -0.1) is 0 Å². The Morgan fingerprint density at radius 3 is 2.89 bits per heavy atom. The zero-order valence-corrected chi connectivity index (χ0v) is 10.3. The molecule has 0 heterocycles. The number of aliphatic hydroxyl groups excluding tert-OH is 1. The lowest BCUT2D eigenvalue weighted by Gasteiger charge is -2.32. The van der Waals surface area contributed by atoms with Gasteiger partial charge in [0, 0.05) is 6.04 Å². The zero-order valence-electron chi connectivity index (χ0n) is 10.3. The molecule has 1 amide bonds. The van der Waals surface area contributed by atoms with Gasteiger partial charge in [-0.05, 0) is 31.9 Å². The fourth-order valence-electron chi connectivity index (χ4n) is 2.01. The summed E-state index contributed by atoms with van der Waals surface area (Å²) >= 11 is 0. The minimum absolute atomic E-state index is 0.0448. The lowest BCUT2D eigenvalue weighted by Crippen LogP contribution is -2.46. The molecule has 1 aromatic rings. The van der Waals surface area contributed by atoms with Crippen molar-refractivity contribution in [1.82, 2.24) is 5.32 Å². The minimum Gasteiger partial charge on any atom is -0.491 e. The molecule has 1 aliphatic carbocycles. The Bertz CT molecular complexity index is 442. The van der Waals surface area contributed by atoms with Crippen LogP contribution in [-0.4, -0.2) is 29.8 Å². The maximum Gasteiger partial charge on any atom is 0.255 e. The second kappa shape index (κ2) is 5.27. The number of rotatable bonds is 4. The molecule has 18 heavy (non-hydrogen) atoms. The number of benzene rings is 1. The molecule has 1 saturated carbocycles. The molecule has 2 rings (SSSR count). The summed E-state index contributed by atoms with van der Waals surface area (Å²) in [5.74, 6) is 0.222. The Balaban J connectivity index is 2.11. The van der Waals surface area contributed by atoms with E-state index < -0.39 is 0 Å².